The van der Waals surface area contributed by atoms with E-state index in [0.717, 1.165) is 18.5 Å². The highest BCUT2D eigenvalue weighted by Crippen LogP contribution is 2.13. The SMILES string of the molecule is Cc1ccc(N)cc1C(=O)NCCC(C)N(C)Cc1ccccc1.Cl.Cl. The van der Waals surface area contributed by atoms with Crippen LogP contribution in [0.1, 0.15) is 34.8 Å². The summed E-state index contributed by atoms with van der Waals surface area (Å²) in [6.07, 6.45) is 0.899. The predicted molar refractivity (Wildman–Crippen MR) is 114 cm³/mol. The molecule has 0 aliphatic carbocycles. The topological polar surface area (TPSA) is 58.4 Å². The molecule has 0 aliphatic heterocycles. The minimum absolute atomic E-state index is 0. The number of carbonyl (C=O) groups excluding carboxylic acids is 1. The maximum atomic E-state index is 12.3. The van der Waals surface area contributed by atoms with Crippen molar-refractivity contribution in [1.29, 1.82) is 0 Å². The molecule has 1 unspecified atom stereocenters. The Morgan fingerprint density at radius 2 is 1.81 bits per heavy atom. The second kappa shape index (κ2) is 11.8. The molecule has 2 aromatic rings. The summed E-state index contributed by atoms with van der Waals surface area (Å²) in [6.45, 7) is 5.66. The smallest absolute Gasteiger partial charge is 0.251 e. The molecule has 2 rings (SSSR count). The van der Waals surface area contributed by atoms with Gasteiger partial charge in [-0.3, -0.25) is 9.69 Å². The summed E-state index contributed by atoms with van der Waals surface area (Å²) in [7, 11) is 2.11. The molecule has 144 valence electrons. The van der Waals surface area contributed by atoms with E-state index in [-0.39, 0.29) is 30.7 Å². The maximum Gasteiger partial charge on any atom is 0.251 e. The lowest BCUT2D eigenvalue weighted by Crippen LogP contribution is -2.33. The summed E-state index contributed by atoms with van der Waals surface area (Å²) in [5.41, 5.74) is 9.27. The van der Waals surface area contributed by atoms with Crippen molar-refractivity contribution < 1.29 is 4.79 Å². The molecular weight excluding hydrogens is 369 g/mol. The van der Waals surface area contributed by atoms with Crippen LogP contribution in [0.2, 0.25) is 0 Å². The standard InChI is InChI=1S/C20H27N3O.2ClH/c1-15-9-10-18(21)13-19(15)20(24)22-12-11-16(2)23(3)14-17-7-5-4-6-8-17;;/h4-10,13,16H,11-12,14,21H2,1-3H3,(H,22,24);2*1H. The van der Waals surface area contributed by atoms with Gasteiger partial charge in [0.15, 0.2) is 0 Å². The first-order chi connectivity index (χ1) is 11.5. The fraction of sp³-hybridized carbons (Fsp3) is 0.350. The number of hydrogen-bond acceptors (Lipinski definition) is 3. The highest BCUT2D eigenvalue weighted by atomic mass is 35.5. The van der Waals surface area contributed by atoms with Crippen LogP contribution >= 0.6 is 24.8 Å². The Hall–Kier alpha value is -1.75. The van der Waals surface area contributed by atoms with Crippen molar-refractivity contribution >= 4 is 36.4 Å². The minimum Gasteiger partial charge on any atom is -0.399 e. The first-order valence-corrected chi connectivity index (χ1v) is 8.36. The second-order valence-electron chi connectivity index (χ2n) is 6.37. The first kappa shape index (κ1) is 24.2. The number of carbonyl (C=O) groups is 1. The Bertz CT molecular complexity index is 680. The van der Waals surface area contributed by atoms with E-state index < -0.39 is 0 Å². The molecule has 0 bridgehead atoms. The Balaban J connectivity index is 0.00000312. The van der Waals surface area contributed by atoms with Gasteiger partial charge in [-0.25, -0.2) is 0 Å². The van der Waals surface area contributed by atoms with Gasteiger partial charge < -0.3 is 11.1 Å². The molecule has 0 saturated heterocycles. The molecule has 6 heteroatoms. The van der Waals surface area contributed by atoms with Gasteiger partial charge in [0.2, 0.25) is 0 Å². The molecule has 0 fully saturated rings. The van der Waals surface area contributed by atoms with Crippen molar-refractivity contribution in [2.24, 2.45) is 0 Å². The predicted octanol–water partition coefficient (Wildman–Crippen LogP) is 4.06. The summed E-state index contributed by atoms with van der Waals surface area (Å²) >= 11 is 0. The highest BCUT2D eigenvalue weighted by molar-refractivity contribution is 5.96. The molecule has 26 heavy (non-hydrogen) atoms. The Labute approximate surface area is 169 Å². The lowest BCUT2D eigenvalue weighted by atomic mass is 10.1. The van der Waals surface area contributed by atoms with Crippen molar-refractivity contribution in [1.82, 2.24) is 10.2 Å². The number of nitrogens with two attached hydrogens (primary N) is 1. The van der Waals surface area contributed by atoms with Gasteiger partial charge in [-0.1, -0.05) is 36.4 Å². The lowest BCUT2D eigenvalue weighted by Gasteiger charge is -2.25. The van der Waals surface area contributed by atoms with Crippen LogP contribution in [-0.2, 0) is 6.54 Å². The van der Waals surface area contributed by atoms with Gasteiger partial charge in [0.05, 0.1) is 0 Å². The summed E-state index contributed by atoms with van der Waals surface area (Å²) in [6, 6.07) is 16.2. The van der Waals surface area contributed by atoms with E-state index in [1.54, 1.807) is 6.07 Å². The third-order valence-corrected chi connectivity index (χ3v) is 4.38. The molecular formula is C20H29Cl2N3O. The number of halogens is 2. The first-order valence-electron chi connectivity index (χ1n) is 8.36. The fourth-order valence-electron chi connectivity index (χ4n) is 2.62. The van der Waals surface area contributed by atoms with Crippen LogP contribution < -0.4 is 11.1 Å². The van der Waals surface area contributed by atoms with Crippen LogP contribution in [0.5, 0.6) is 0 Å². The Morgan fingerprint density at radius 3 is 2.46 bits per heavy atom. The number of nitrogens with one attached hydrogen (secondary N) is 1. The zero-order valence-electron chi connectivity index (χ0n) is 15.6. The highest BCUT2D eigenvalue weighted by Gasteiger charge is 2.12. The van der Waals surface area contributed by atoms with E-state index in [0.29, 0.717) is 23.8 Å². The molecule has 0 spiro atoms. The van der Waals surface area contributed by atoms with Crippen LogP contribution in [0.15, 0.2) is 48.5 Å². The van der Waals surface area contributed by atoms with Crippen molar-refractivity contribution in [3.8, 4) is 0 Å². The molecule has 4 nitrogen and oxygen atoms in total. The normalized spacial score (nSPS) is 11.2. The van der Waals surface area contributed by atoms with Gasteiger partial charge in [-0.2, -0.15) is 0 Å². The van der Waals surface area contributed by atoms with E-state index in [1.165, 1.54) is 5.56 Å². The largest absolute Gasteiger partial charge is 0.399 e. The molecule has 0 heterocycles. The summed E-state index contributed by atoms with van der Waals surface area (Å²) in [4.78, 5) is 14.6. The average Bonchev–Trinajstić information content (AvgIpc) is 2.57. The van der Waals surface area contributed by atoms with Crippen LogP contribution in [0.3, 0.4) is 0 Å². The number of nitrogen functional groups attached to an aromatic ring is 1. The van der Waals surface area contributed by atoms with Gasteiger partial charge in [0.25, 0.3) is 5.91 Å². The summed E-state index contributed by atoms with van der Waals surface area (Å²) in [5, 5.41) is 3.00. The monoisotopic (exact) mass is 397 g/mol. The molecule has 0 aromatic heterocycles. The van der Waals surface area contributed by atoms with E-state index in [1.807, 2.05) is 25.1 Å². The maximum absolute atomic E-state index is 12.3. The molecule has 0 radical (unpaired) electrons. The van der Waals surface area contributed by atoms with Gasteiger partial charge in [0.1, 0.15) is 0 Å². The second-order valence-corrected chi connectivity index (χ2v) is 6.37. The van der Waals surface area contributed by atoms with Gasteiger partial charge in [0, 0.05) is 30.4 Å². The fourth-order valence-corrected chi connectivity index (χ4v) is 2.62. The van der Waals surface area contributed by atoms with Crippen LogP contribution in [0, 0.1) is 6.92 Å². The Morgan fingerprint density at radius 1 is 1.15 bits per heavy atom. The molecule has 1 atom stereocenters. The molecule has 0 aliphatic rings. The number of nitrogens with zero attached hydrogens (tertiary/aromatic N) is 1. The minimum atomic E-state index is -0.0577. The van der Waals surface area contributed by atoms with E-state index in [2.05, 4.69) is 48.5 Å². The van der Waals surface area contributed by atoms with Gasteiger partial charge in [-0.05, 0) is 50.6 Å². The zero-order valence-corrected chi connectivity index (χ0v) is 17.2. The zero-order chi connectivity index (χ0) is 17.5. The number of rotatable bonds is 7. The van der Waals surface area contributed by atoms with E-state index >= 15 is 0 Å². The number of benzene rings is 2. The number of aryl methyl sites for hydroxylation is 1. The van der Waals surface area contributed by atoms with Crippen molar-refractivity contribution in [2.45, 2.75) is 32.9 Å². The van der Waals surface area contributed by atoms with E-state index in [4.69, 9.17) is 5.73 Å². The van der Waals surface area contributed by atoms with Crippen molar-refractivity contribution in [3.05, 3.63) is 65.2 Å². The molecule has 3 N–H and O–H groups in total. The van der Waals surface area contributed by atoms with Crippen molar-refractivity contribution in [2.75, 3.05) is 19.3 Å². The number of anilines is 1. The molecule has 2 aromatic carbocycles. The molecule has 0 saturated carbocycles. The van der Waals surface area contributed by atoms with Crippen LogP contribution in [-0.4, -0.2) is 30.4 Å². The number of amides is 1. The third kappa shape index (κ3) is 7.24. The van der Waals surface area contributed by atoms with Gasteiger partial charge in [-0.15, -0.1) is 24.8 Å². The summed E-state index contributed by atoms with van der Waals surface area (Å²) in [5.74, 6) is -0.0577. The molecule has 1 amide bonds. The van der Waals surface area contributed by atoms with Gasteiger partial charge >= 0.3 is 0 Å². The summed E-state index contributed by atoms with van der Waals surface area (Å²) < 4.78 is 0. The third-order valence-electron chi connectivity index (χ3n) is 4.38. The van der Waals surface area contributed by atoms with Crippen LogP contribution in [0.4, 0.5) is 5.69 Å². The lowest BCUT2D eigenvalue weighted by molar-refractivity contribution is 0.0948. The number of hydrogen-bond donors (Lipinski definition) is 2. The van der Waals surface area contributed by atoms with E-state index in [9.17, 15) is 4.79 Å². The van der Waals surface area contributed by atoms with Crippen molar-refractivity contribution in [3.63, 3.8) is 0 Å². The average molecular weight is 398 g/mol. The van der Waals surface area contributed by atoms with Crippen LogP contribution in [0.25, 0.3) is 0 Å². The quantitative estimate of drug-likeness (QED) is 0.692. The Kier molecular flexibility index (Phi) is 11.0.